The van der Waals surface area contributed by atoms with Crippen LogP contribution in [0, 0.1) is 5.82 Å². The summed E-state index contributed by atoms with van der Waals surface area (Å²) in [5.74, 6) is -1.67. The van der Waals surface area contributed by atoms with Gasteiger partial charge in [0.05, 0.1) is 12.7 Å². The number of nitrogens with one attached hydrogen (secondary N) is 1. The van der Waals surface area contributed by atoms with Crippen LogP contribution in [0.1, 0.15) is 36.0 Å². The lowest BCUT2D eigenvalue weighted by atomic mass is 10.2. The van der Waals surface area contributed by atoms with Gasteiger partial charge in [-0.3, -0.25) is 4.79 Å². The van der Waals surface area contributed by atoms with Crippen LogP contribution >= 0.6 is 0 Å². The molecule has 0 saturated heterocycles. The lowest BCUT2D eigenvalue weighted by Crippen LogP contribution is -2.35. The Hall–Kier alpha value is -2.11. The van der Waals surface area contributed by atoms with Gasteiger partial charge in [0, 0.05) is 6.04 Å². The molecular formula is C15H18FNO4. The van der Waals surface area contributed by atoms with E-state index in [-0.39, 0.29) is 29.9 Å². The van der Waals surface area contributed by atoms with Crippen LogP contribution in [-0.4, -0.2) is 31.6 Å². The van der Waals surface area contributed by atoms with Gasteiger partial charge in [-0.1, -0.05) is 12.8 Å². The fourth-order valence-electron chi connectivity index (χ4n) is 2.35. The summed E-state index contributed by atoms with van der Waals surface area (Å²) in [5, 5.41) is 2.81. The van der Waals surface area contributed by atoms with Crippen molar-refractivity contribution in [3.8, 4) is 5.75 Å². The molecule has 0 aliphatic heterocycles. The van der Waals surface area contributed by atoms with Crippen LogP contribution in [0.15, 0.2) is 18.2 Å². The van der Waals surface area contributed by atoms with Gasteiger partial charge in [-0.05, 0) is 31.0 Å². The molecule has 1 aromatic rings. The van der Waals surface area contributed by atoms with Gasteiger partial charge < -0.3 is 14.8 Å². The zero-order valence-electron chi connectivity index (χ0n) is 11.9. The van der Waals surface area contributed by atoms with Crippen molar-refractivity contribution in [1.82, 2.24) is 5.32 Å². The van der Waals surface area contributed by atoms with E-state index in [1.165, 1.54) is 19.2 Å². The molecule has 1 saturated carbocycles. The van der Waals surface area contributed by atoms with Crippen LogP contribution in [-0.2, 0) is 9.53 Å². The molecule has 0 bridgehead atoms. The standard InChI is InChI=1S/C15H18FNO4/c1-20-13-7-6-10(8-12(13)16)15(19)21-9-14(18)17-11-4-2-3-5-11/h6-8,11H,2-5,9H2,1H3,(H,17,18). The number of hydrogen-bond acceptors (Lipinski definition) is 4. The molecule has 5 nitrogen and oxygen atoms in total. The van der Waals surface area contributed by atoms with Gasteiger partial charge in [-0.2, -0.15) is 0 Å². The number of halogens is 1. The van der Waals surface area contributed by atoms with Gasteiger partial charge in [-0.15, -0.1) is 0 Å². The number of esters is 1. The fraction of sp³-hybridized carbons (Fsp3) is 0.467. The van der Waals surface area contributed by atoms with Crippen molar-refractivity contribution in [3.05, 3.63) is 29.6 Å². The lowest BCUT2D eigenvalue weighted by Gasteiger charge is -2.12. The summed E-state index contributed by atoms with van der Waals surface area (Å²) >= 11 is 0. The Labute approximate surface area is 122 Å². The first kappa shape index (κ1) is 15.3. The van der Waals surface area contributed by atoms with Crippen LogP contribution in [0.4, 0.5) is 4.39 Å². The predicted molar refractivity (Wildman–Crippen MR) is 73.6 cm³/mol. The third-order valence-electron chi connectivity index (χ3n) is 3.44. The second kappa shape index (κ2) is 7.06. The second-order valence-corrected chi connectivity index (χ2v) is 4.97. The molecule has 1 N–H and O–H groups in total. The molecule has 0 atom stereocenters. The number of ether oxygens (including phenoxy) is 2. The highest BCUT2D eigenvalue weighted by atomic mass is 19.1. The molecule has 114 valence electrons. The quantitative estimate of drug-likeness (QED) is 0.844. The highest BCUT2D eigenvalue weighted by molar-refractivity contribution is 5.91. The molecule has 6 heteroatoms. The summed E-state index contributed by atoms with van der Waals surface area (Å²) in [6.07, 6.45) is 4.14. The van der Waals surface area contributed by atoms with E-state index in [0.29, 0.717) is 0 Å². The van der Waals surface area contributed by atoms with Gasteiger partial charge >= 0.3 is 5.97 Å². The smallest absolute Gasteiger partial charge is 0.338 e. The summed E-state index contributed by atoms with van der Waals surface area (Å²) in [6, 6.07) is 3.93. The summed E-state index contributed by atoms with van der Waals surface area (Å²) < 4.78 is 23.1. The van der Waals surface area contributed by atoms with Crippen LogP contribution in [0.3, 0.4) is 0 Å². The Morgan fingerprint density at radius 2 is 2.05 bits per heavy atom. The molecule has 1 fully saturated rings. The van der Waals surface area contributed by atoms with Gasteiger partial charge in [0.2, 0.25) is 0 Å². The van der Waals surface area contributed by atoms with Crippen LogP contribution in [0.2, 0.25) is 0 Å². The maximum atomic E-state index is 13.5. The Morgan fingerprint density at radius 1 is 1.33 bits per heavy atom. The van der Waals surface area contributed by atoms with Crippen molar-refractivity contribution >= 4 is 11.9 Å². The van der Waals surface area contributed by atoms with Crippen LogP contribution < -0.4 is 10.1 Å². The normalized spacial score (nSPS) is 14.8. The molecule has 1 aliphatic carbocycles. The van der Waals surface area contributed by atoms with E-state index in [4.69, 9.17) is 9.47 Å². The molecule has 1 amide bonds. The minimum atomic E-state index is -0.738. The summed E-state index contributed by atoms with van der Waals surface area (Å²) in [6.45, 7) is -0.358. The second-order valence-electron chi connectivity index (χ2n) is 4.97. The number of carbonyl (C=O) groups excluding carboxylic acids is 2. The highest BCUT2D eigenvalue weighted by Crippen LogP contribution is 2.19. The number of benzene rings is 1. The van der Waals surface area contributed by atoms with E-state index in [0.717, 1.165) is 31.7 Å². The van der Waals surface area contributed by atoms with E-state index in [2.05, 4.69) is 5.32 Å². The van der Waals surface area contributed by atoms with Crippen LogP contribution in [0.25, 0.3) is 0 Å². The highest BCUT2D eigenvalue weighted by Gasteiger charge is 2.18. The average molecular weight is 295 g/mol. The zero-order chi connectivity index (χ0) is 15.2. The van der Waals surface area contributed by atoms with E-state index < -0.39 is 11.8 Å². The largest absolute Gasteiger partial charge is 0.494 e. The predicted octanol–water partition coefficient (Wildman–Crippen LogP) is 2.05. The average Bonchev–Trinajstić information content (AvgIpc) is 2.97. The first-order valence-corrected chi connectivity index (χ1v) is 6.90. The van der Waals surface area contributed by atoms with Gasteiger partial charge in [0.25, 0.3) is 5.91 Å². The van der Waals surface area contributed by atoms with E-state index >= 15 is 0 Å². The summed E-state index contributed by atoms with van der Waals surface area (Å²) in [4.78, 5) is 23.3. The lowest BCUT2D eigenvalue weighted by molar-refractivity contribution is -0.124. The minimum absolute atomic E-state index is 0.0435. The molecule has 0 radical (unpaired) electrons. The molecular weight excluding hydrogens is 277 g/mol. The zero-order valence-corrected chi connectivity index (χ0v) is 11.9. The molecule has 0 aromatic heterocycles. The fourth-order valence-corrected chi connectivity index (χ4v) is 2.35. The minimum Gasteiger partial charge on any atom is -0.494 e. The van der Waals surface area contributed by atoms with E-state index in [1.54, 1.807) is 0 Å². The first-order chi connectivity index (χ1) is 10.1. The van der Waals surface area contributed by atoms with Gasteiger partial charge in [-0.25, -0.2) is 9.18 Å². The van der Waals surface area contributed by atoms with Crippen molar-refractivity contribution in [2.45, 2.75) is 31.7 Å². The topological polar surface area (TPSA) is 64.6 Å². The molecule has 0 spiro atoms. The third kappa shape index (κ3) is 4.18. The Balaban J connectivity index is 1.83. The van der Waals surface area contributed by atoms with Crippen molar-refractivity contribution in [2.24, 2.45) is 0 Å². The van der Waals surface area contributed by atoms with Crippen LogP contribution in [0.5, 0.6) is 5.75 Å². The van der Waals surface area contributed by atoms with Crippen molar-refractivity contribution in [3.63, 3.8) is 0 Å². The number of amides is 1. The molecule has 0 heterocycles. The Bertz CT molecular complexity index is 526. The number of hydrogen-bond donors (Lipinski definition) is 1. The maximum Gasteiger partial charge on any atom is 0.338 e. The molecule has 0 unspecified atom stereocenters. The number of carbonyl (C=O) groups is 2. The Morgan fingerprint density at radius 3 is 2.67 bits per heavy atom. The molecule has 21 heavy (non-hydrogen) atoms. The molecule has 1 aliphatic rings. The molecule has 2 rings (SSSR count). The summed E-state index contributed by atoms with van der Waals surface area (Å²) in [7, 11) is 1.34. The van der Waals surface area contributed by atoms with Gasteiger partial charge in [0.1, 0.15) is 0 Å². The number of rotatable bonds is 5. The summed E-state index contributed by atoms with van der Waals surface area (Å²) in [5.41, 5.74) is 0.0435. The van der Waals surface area contributed by atoms with Crippen molar-refractivity contribution in [2.75, 3.05) is 13.7 Å². The maximum absolute atomic E-state index is 13.5. The number of methoxy groups -OCH3 is 1. The van der Waals surface area contributed by atoms with Crippen molar-refractivity contribution in [1.29, 1.82) is 0 Å². The van der Waals surface area contributed by atoms with Gasteiger partial charge in [0.15, 0.2) is 18.2 Å². The Kier molecular flexibility index (Phi) is 5.14. The monoisotopic (exact) mass is 295 g/mol. The first-order valence-electron chi connectivity index (χ1n) is 6.90. The molecule has 1 aromatic carbocycles. The SMILES string of the molecule is COc1ccc(C(=O)OCC(=O)NC2CCCC2)cc1F. The van der Waals surface area contributed by atoms with E-state index in [1.807, 2.05) is 0 Å². The van der Waals surface area contributed by atoms with E-state index in [9.17, 15) is 14.0 Å². The van der Waals surface area contributed by atoms with Crippen molar-refractivity contribution < 1.29 is 23.5 Å². The third-order valence-corrected chi connectivity index (χ3v) is 3.44.